The van der Waals surface area contributed by atoms with Gasteiger partial charge in [0.05, 0.1) is 12.6 Å². The van der Waals surface area contributed by atoms with Crippen LogP contribution < -0.4 is 0 Å². The Bertz CT molecular complexity index is 1160. The lowest BCUT2D eigenvalue weighted by atomic mass is 10.1. The fourth-order valence-corrected chi connectivity index (χ4v) is 4.20. The van der Waals surface area contributed by atoms with Crippen LogP contribution in [0.1, 0.15) is 40.5 Å². The average Bonchev–Trinajstić information content (AvgIpc) is 3.39. The zero-order valence-electron chi connectivity index (χ0n) is 16.4. The highest BCUT2D eigenvalue weighted by Crippen LogP contribution is 2.24. The quantitative estimate of drug-likeness (QED) is 0.582. The largest absolute Gasteiger partial charge is 0.361 e. The summed E-state index contributed by atoms with van der Waals surface area (Å²) in [5.74, 6) is 1.89. The summed E-state index contributed by atoms with van der Waals surface area (Å²) in [6.07, 6.45) is 3.67. The summed E-state index contributed by atoms with van der Waals surface area (Å²) in [6.45, 7) is 3.28. The zero-order valence-corrected chi connectivity index (χ0v) is 16.4. The molecule has 0 saturated heterocycles. The molecule has 1 aliphatic rings. The van der Waals surface area contributed by atoms with E-state index in [1.54, 1.807) is 0 Å². The second-order valence-electron chi connectivity index (χ2n) is 7.70. The molecule has 1 N–H and O–H groups in total. The Morgan fingerprint density at radius 3 is 2.83 bits per heavy atom. The predicted molar refractivity (Wildman–Crippen MR) is 112 cm³/mol. The number of benzene rings is 2. The Morgan fingerprint density at radius 2 is 1.97 bits per heavy atom. The minimum Gasteiger partial charge on any atom is -0.361 e. The molecule has 6 heteroatoms. The fraction of sp³-hybridized carbons (Fsp3) is 0.261. The van der Waals surface area contributed by atoms with Crippen LogP contribution in [0.5, 0.6) is 0 Å². The molecule has 29 heavy (non-hydrogen) atoms. The van der Waals surface area contributed by atoms with E-state index in [1.165, 1.54) is 5.56 Å². The molecular weight excluding hydrogens is 362 g/mol. The summed E-state index contributed by atoms with van der Waals surface area (Å²) in [5.41, 5.74) is 2.97. The molecule has 0 spiro atoms. The van der Waals surface area contributed by atoms with Crippen molar-refractivity contribution in [2.24, 2.45) is 0 Å². The topological polar surface area (TPSA) is 66.8 Å². The minimum absolute atomic E-state index is 0.0356. The second-order valence-corrected chi connectivity index (χ2v) is 7.70. The molecule has 5 rings (SSSR count). The number of nitrogens with zero attached hydrogens (tertiary/aromatic N) is 4. The SMILES string of the molecule is C[C@H]1CN(C(=O)c2ccc3cc[nH]c3c2)Cc2nnc(CCc3ccccc3)n21. The van der Waals surface area contributed by atoms with Crippen LogP contribution in [0.4, 0.5) is 0 Å². The molecule has 0 fully saturated rings. The number of amides is 1. The van der Waals surface area contributed by atoms with Gasteiger partial charge in [-0.05, 0) is 42.5 Å². The molecule has 6 nitrogen and oxygen atoms in total. The lowest BCUT2D eigenvalue weighted by Gasteiger charge is -2.32. The average molecular weight is 385 g/mol. The molecular formula is C23H23N5O. The van der Waals surface area contributed by atoms with Crippen molar-refractivity contribution in [1.29, 1.82) is 0 Å². The van der Waals surface area contributed by atoms with E-state index in [9.17, 15) is 4.79 Å². The second kappa shape index (κ2) is 7.20. The van der Waals surface area contributed by atoms with Crippen LogP contribution >= 0.6 is 0 Å². The van der Waals surface area contributed by atoms with Gasteiger partial charge >= 0.3 is 0 Å². The van der Waals surface area contributed by atoms with Gasteiger partial charge in [0.1, 0.15) is 5.82 Å². The number of aromatic amines is 1. The molecule has 0 saturated carbocycles. The number of nitrogens with one attached hydrogen (secondary N) is 1. The molecule has 0 bridgehead atoms. The van der Waals surface area contributed by atoms with Crippen LogP contribution in [0, 0.1) is 0 Å². The summed E-state index contributed by atoms with van der Waals surface area (Å²) in [4.78, 5) is 18.1. The minimum atomic E-state index is 0.0356. The lowest BCUT2D eigenvalue weighted by molar-refractivity contribution is 0.0680. The fourth-order valence-electron chi connectivity index (χ4n) is 4.20. The van der Waals surface area contributed by atoms with Gasteiger partial charge in [-0.1, -0.05) is 36.4 Å². The van der Waals surface area contributed by atoms with Crippen LogP contribution in [0.25, 0.3) is 10.9 Å². The Hall–Kier alpha value is -3.41. The number of carbonyl (C=O) groups is 1. The Kier molecular flexibility index (Phi) is 4.39. The summed E-state index contributed by atoms with van der Waals surface area (Å²) in [6, 6.07) is 18.4. The number of hydrogen-bond donors (Lipinski definition) is 1. The first-order chi connectivity index (χ1) is 14.2. The van der Waals surface area contributed by atoms with Gasteiger partial charge in [-0.3, -0.25) is 4.79 Å². The van der Waals surface area contributed by atoms with Crippen molar-refractivity contribution in [3.05, 3.63) is 83.6 Å². The normalized spacial score (nSPS) is 16.2. The Balaban J connectivity index is 1.34. The van der Waals surface area contributed by atoms with Crippen molar-refractivity contribution >= 4 is 16.8 Å². The van der Waals surface area contributed by atoms with E-state index >= 15 is 0 Å². The maximum Gasteiger partial charge on any atom is 0.254 e. The number of aromatic nitrogens is 4. The number of carbonyl (C=O) groups excluding carboxylic acids is 1. The summed E-state index contributed by atoms with van der Waals surface area (Å²) in [5, 5.41) is 9.94. The van der Waals surface area contributed by atoms with E-state index in [0.717, 1.165) is 35.4 Å². The smallest absolute Gasteiger partial charge is 0.254 e. The molecule has 3 heterocycles. The monoisotopic (exact) mass is 385 g/mol. The van der Waals surface area contributed by atoms with E-state index < -0.39 is 0 Å². The van der Waals surface area contributed by atoms with E-state index in [2.05, 4.69) is 50.9 Å². The lowest BCUT2D eigenvalue weighted by Crippen LogP contribution is -2.40. The van der Waals surface area contributed by atoms with Crippen LogP contribution in [0.3, 0.4) is 0 Å². The van der Waals surface area contributed by atoms with Crippen molar-refractivity contribution in [2.45, 2.75) is 32.4 Å². The van der Waals surface area contributed by atoms with Gasteiger partial charge in [0.2, 0.25) is 0 Å². The Morgan fingerprint density at radius 1 is 1.10 bits per heavy atom. The molecule has 1 amide bonds. The molecule has 146 valence electrons. The molecule has 0 aliphatic carbocycles. The van der Waals surface area contributed by atoms with E-state index in [0.29, 0.717) is 18.7 Å². The molecule has 2 aromatic carbocycles. The molecule has 0 unspecified atom stereocenters. The molecule has 4 aromatic rings. The number of H-pyrrole nitrogens is 1. The summed E-state index contributed by atoms with van der Waals surface area (Å²) in [7, 11) is 0. The van der Waals surface area contributed by atoms with Gasteiger partial charge in [0.25, 0.3) is 5.91 Å². The maximum atomic E-state index is 13.1. The standard InChI is InChI=1S/C23H23N5O/c1-16-14-27(23(29)19-9-8-18-11-12-24-20(18)13-19)15-22-26-25-21(28(16)22)10-7-17-5-3-2-4-6-17/h2-6,8-9,11-13,16,24H,7,10,14-15H2,1H3/t16-/m0/s1. The number of aryl methyl sites for hydroxylation is 2. The third kappa shape index (κ3) is 3.31. The van der Waals surface area contributed by atoms with Crippen molar-refractivity contribution in [3.63, 3.8) is 0 Å². The predicted octanol–water partition coefficient (Wildman–Crippen LogP) is 3.76. The van der Waals surface area contributed by atoms with Gasteiger partial charge < -0.3 is 14.5 Å². The van der Waals surface area contributed by atoms with Gasteiger partial charge in [-0.15, -0.1) is 10.2 Å². The van der Waals surface area contributed by atoms with Crippen LogP contribution in [0.2, 0.25) is 0 Å². The van der Waals surface area contributed by atoms with Crippen molar-refractivity contribution in [1.82, 2.24) is 24.6 Å². The zero-order chi connectivity index (χ0) is 19.8. The maximum absolute atomic E-state index is 13.1. The highest BCUT2D eigenvalue weighted by Gasteiger charge is 2.29. The number of hydrogen-bond acceptors (Lipinski definition) is 3. The van der Waals surface area contributed by atoms with Crippen LogP contribution in [0.15, 0.2) is 60.8 Å². The van der Waals surface area contributed by atoms with Gasteiger partial charge in [0, 0.05) is 30.2 Å². The highest BCUT2D eigenvalue weighted by atomic mass is 16.2. The summed E-state index contributed by atoms with van der Waals surface area (Å²) >= 11 is 0. The van der Waals surface area contributed by atoms with Gasteiger partial charge in [0.15, 0.2) is 5.82 Å². The molecule has 1 aliphatic heterocycles. The third-order valence-corrected chi connectivity index (χ3v) is 5.66. The first-order valence-electron chi connectivity index (χ1n) is 10.0. The first kappa shape index (κ1) is 17.7. The van der Waals surface area contributed by atoms with Crippen molar-refractivity contribution < 1.29 is 4.79 Å². The molecule has 2 aromatic heterocycles. The highest BCUT2D eigenvalue weighted by molar-refractivity contribution is 5.98. The van der Waals surface area contributed by atoms with E-state index in [1.807, 2.05) is 41.4 Å². The van der Waals surface area contributed by atoms with Crippen LogP contribution in [-0.2, 0) is 19.4 Å². The first-order valence-corrected chi connectivity index (χ1v) is 10.0. The molecule has 0 radical (unpaired) electrons. The van der Waals surface area contributed by atoms with Crippen molar-refractivity contribution in [2.75, 3.05) is 6.54 Å². The number of rotatable bonds is 4. The van der Waals surface area contributed by atoms with Gasteiger partial charge in [-0.2, -0.15) is 0 Å². The Labute approximate surface area is 169 Å². The van der Waals surface area contributed by atoms with E-state index in [-0.39, 0.29) is 11.9 Å². The molecule has 1 atom stereocenters. The van der Waals surface area contributed by atoms with Crippen LogP contribution in [-0.4, -0.2) is 37.1 Å². The summed E-state index contributed by atoms with van der Waals surface area (Å²) < 4.78 is 2.21. The van der Waals surface area contributed by atoms with E-state index in [4.69, 9.17) is 0 Å². The third-order valence-electron chi connectivity index (χ3n) is 5.66. The van der Waals surface area contributed by atoms with Gasteiger partial charge in [-0.25, -0.2) is 0 Å². The number of fused-ring (bicyclic) bond motifs is 2. The van der Waals surface area contributed by atoms with Crippen molar-refractivity contribution in [3.8, 4) is 0 Å².